The molecule has 0 aliphatic heterocycles. The molecule has 0 aromatic carbocycles. The first-order valence-corrected chi connectivity index (χ1v) is 13.7. The maximum absolute atomic E-state index is 11.0. The van der Waals surface area contributed by atoms with Crippen LogP contribution in [-0.2, 0) is 0 Å². The number of aliphatic hydroxyl groups excluding tert-OH is 1. The van der Waals surface area contributed by atoms with Gasteiger partial charge >= 0.3 is 0 Å². The van der Waals surface area contributed by atoms with Crippen molar-refractivity contribution in [2.45, 2.75) is 138 Å². The summed E-state index contributed by atoms with van der Waals surface area (Å²) in [6.07, 6.45) is 19.1. The number of aliphatic hydroxyl groups is 1. The Morgan fingerprint density at radius 2 is 1.33 bits per heavy atom. The van der Waals surface area contributed by atoms with Crippen LogP contribution >= 0.6 is 0 Å². The molecule has 0 amide bonds. The molecule has 3 saturated carbocycles. The Labute approximate surface area is 189 Å². The van der Waals surface area contributed by atoms with E-state index in [0.29, 0.717) is 10.8 Å². The molecule has 0 spiro atoms. The molecule has 3 aliphatic rings. The second-order valence-electron chi connectivity index (χ2n) is 13.9. The van der Waals surface area contributed by atoms with E-state index in [4.69, 9.17) is 0 Å². The minimum Gasteiger partial charge on any atom is -0.393 e. The second-order valence-corrected chi connectivity index (χ2v) is 13.9. The molecule has 0 aromatic rings. The summed E-state index contributed by atoms with van der Waals surface area (Å²) in [6.45, 7) is 14.6. The molecule has 1 N–H and O–H groups in total. The lowest BCUT2D eigenvalue weighted by Gasteiger charge is -2.37. The maximum Gasteiger partial charge on any atom is 0.0545 e. The molecule has 1 heteroatoms. The van der Waals surface area contributed by atoms with E-state index >= 15 is 0 Å². The number of rotatable bonds is 4. The minimum atomic E-state index is -0.0385. The Bertz CT molecular complexity index is 509. The van der Waals surface area contributed by atoms with Crippen LogP contribution in [-0.4, -0.2) is 11.2 Å². The zero-order valence-corrected chi connectivity index (χ0v) is 21.4. The Morgan fingerprint density at radius 3 is 1.93 bits per heavy atom. The molecular weight excluding hydrogens is 364 g/mol. The molecule has 3 aliphatic carbocycles. The van der Waals surface area contributed by atoms with E-state index in [1.165, 1.54) is 77.0 Å². The average molecular weight is 419 g/mol. The van der Waals surface area contributed by atoms with E-state index in [1.807, 2.05) is 0 Å². The predicted molar refractivity (Wildman–Crippen MR) is 130 cm³/mol. The Kier molecular flexibility index (Phi) is 8.42. The van der Waals surface area contributed by atoms with Crippen molar-refractivity contribution in [2.24, 2.45) is 46.3 Å². The lowest BCUT2D eigenvalue weighted by atomic mass is 9.70. The quantitative estimate of drug-likeness (QED) is 0.484. The standard InChI is InChI=1S/C29H54O/c1-21(2)29(6)15-13-25-12-11-24(18-27(30)19-26(25)14-16-29)17-22-7-9-23(10-8-22)20-28(3,4)5/h21-27,30H,7-20H2,1-6H3. The van der Waals surface area contributed by atoms with Crippen molar-refractivity contribution in [2.75, 3.05) is 0 Å². The topological polar surface area (TPSA) is 20.2 Å². The molecule has 30 heavy (non-hydrogen) atoms. The van der Waals surface area contributed by atoms with Gasteiger partial charge in [-0.2, -0.15) is 0 Å². The highest BCUT2D eigenvalue weighted by atomic mass is 16.3. The van der Waals surface area contributed by atoms with Crippen LogP contribution < -0.4 is 0 Å². The van der Waals surface area contributed by atoms with E-state index in [1.54, 1.807) is 0 Å². The fourth-order valence-electron chi connectivity index (χ4n) is 7.52. The van der Waals surface area contributed by atoms with Gasteiger partial charge in [0.2, 0.25) is 0 Å². The summed E-state index contributed by atoms with van der Waals surface area (Å²) < 4.78 is 0. The van der Waals surface area contributed by atoms with Gasteiger partial charge in [0.25, 0.3) is 0 Å². The normalized spacial score (nSPS) is 41.6. The first kappa shape index (κ1) is 24.6. The SMILES string of the molecule is CC(C)C1(C)CCC2CCC(CC3CCC(CC(C)(C)C)CC3)CC(O)CC2CC1. The van der Waals surface area contributed by atoms with Gasteiger partial charge in [-0.1, -0.05) is 73.6 Å². The van der Waals surface area contributed by atoms with Crippen LogP contribution in [0.5, 0.6) is 0 Å². The zero-order chi connectivity index (χ0) is 21.9. The Balaban J connectivity index is 1.50. The van der Waals surface area contributed by atoms with Gasteiger partial charge in [-0.05, 0) is 104 Å². The molecule has 3 rings (SSSR count). The van der Waals surface area contributed by atoms with Crippen LogP contribution in [0.3, 0.4) is 0 Å². The molecule has 3 fully saturated rings. The van der Waals surface area contributed by atoms with Crippen LogP contribution in [0.25, 0.3) is 0 Å². The van der Waals surface area contributed by atoms with Gasteiger partial charge in [-0.15, -0.1) is 0 Å². The Hall–Kier alpha value is -0.0400. The lowest BCUT2D eigenvalue weighted by Crippen LogP contribution is -2.28. The van der Waals surface area contributed by atoms with E-state index in [2.05, 4.69) is 41.5 Å². The molecule has 5 unspecified atom stereocenters. The third kappa shape index (κ3) is 6.98. The lowest BCUT2D eigenvalue weighted by molar-refractivity contribution is 0.0640. The van der Waals surface area contributed by atoms with Gasteiger partial charge in [0.15, 0.2) is 0 Å². The molecule has 1 nitrogen and oxygen atoms in total. The highest BCUT2D eigenvalue weighted by Gasteiger charge is 2.38. The van der Waals surface area contributed by atoms with Crippen molar-refractivity contribution in [1.29, 1.82) is 0 Å². The maximum atomic E-state index is 11.0. The largest absolute Gasteiger partial charge is 0.393 e. The molecule has 176 valence electrons. The molecule has 0 aromatic heterocycles. The van der Waals surface area contributed by atoms with Crippen molar-refractivity contribution >= 4 is 0 Å². The first-order valence-electron chi connectivity index (χ1n) is 13.7. The smallest absolute Gasteiger partial charge is 0.0545 e. The summed E-state index contributed by atoms with van der Waals surface area (Å²) in [4.78, 5) is 0. The summed E-state index contributed by atoms with van der Waals surface area (Å²) in [7, 11) is 0. The van der Waals surface area contributed by atoms with Gasteiger partial charge in [0, 0.05) is 0 Å². The molecule has 5 atom stereocenters. The van der Waals surface area contributed by atoms with E-state index in [0.717, 1.165) is 48.3 Å². The van der Waals surface area contributed by atoms with Crippen molar-refractivity contribution in [3.63, 3.8) is 0 Å². The van der Waals surface area contributed by atoms with E-state index in [-0.39, 0.29) is 6.10 Å². The zero-order valence-electron chi connectivity index (χ0n) is 21.4. The number of fused-ring (bicyclic) bond motifs is 1. The van der Waals surface area contributed by atoms with Crippen molar-refractivity contribution in [1.82, 2.24) is 0 Å². The van der Waals surface area contributed by atoms with Crippen LogP contribution in [0, 0.1) is 46.3 Å². The predicted octanol–water partition coefficient (Wildman–Crippen LogP) is 8.64. The van der Waals surface area contributed by atoms with Crippen LogP contribution in [0.1, 0.15) is 131 Å². The van der Waals surface area contributed by atoms with Crippen molar-refractivity contribution in [3.05, 3.63) is 0 Å². The van der Waals surface area contributed by atoms with Gasteiger partial charge in [-0.3, -0.25) is 0 Å². The van der Waals surface area contributed by atoms with Crippen molar-refractivity contribution < 1.29 is 5.11 Å². The molecular formula is C29H54O. The average Bonchev–Trinajstić information content (AvgIpc) is 2.79. The van der Waals surface area contributed by atoms with Gasteiger partial charge in [0.1, 0.15) is 0 Å². The summed E-state index contributed by atoms with van der Waals surface area (Å²) in [5.41, 5.74) is 1.01. The second kappa shape index (κ2) is 10.3. The molecule has 0 saturated heterocycles. The van der Waals surface area contributed by atoms with Crippen LogP contribution in [0.2, 0.25) is 0 Å². The fraction of sp³-hybridized carbons (Fsp3) is 1.00. The fourth-order valence-corrected chi connectivity index (χ4v) is 7.52. The minimum absolute atomic E-state index is 0.0385. The summed E-state index contributed by atoms with van der Waals surface area (Å²) in [6, 6.07) is 0. The number of hydrogen-bond acceptors (Lipinski definition) is 1. The summed E-state index contributed by atoms with van der Waals surface area (Å²) in [5, 5.41) is 11.0. The highest BCUT2D eigenvalue weighted by molar-refractivity contribution is 4.89. The molecule has 0 heterocycles. The molecule has 0 radical (unpaired) electrons. The van der Waals surface area contributed by atoms with Crippen LogP contribution in [0.4, 0.5) is 0 Å². The van der Waals surface area contributed by atoms with Gasteiger partial charge < -0.3 is 5.11 Å². The third-order valence-electron chi connectivity index (χ3n) is 9.89. The third-order valence-corrected chi connectivity index (χ3v) is 9.89. The van der Waals surface area contributed by atoms with E-state index < -0.39 is 0 Å². The monoisotopic (exact) mass is 418 g/mol. The number of hydrogen-bond donors (Lipinski definition) is 1. The van der Waals surface area contributed by atoms with Gasteiger partial charge in [0.05, 0.1) is 6.10 Å². The summed E-state index contributed by atoms with van der Waals surface area (Å²) >= 11 is 0. The van der Waals surface area contributed by atoms with Gasteiger partial charge in [-0.25, -0.2) is 0 Å². The first-order chi connectivity index (χ1) is 14.0. The Morgan fingerprint density at radius 1 is 0.767 bits per heavy atom. The van der Waals surface area contributed by atoms with Crippen LogP contribution in [0.15, 0.2) is 0 Å². The highest BCUT2D eigenvalue weighted by Crippen LogP contribution is 2.48. The molecule has 0 bridgehead atoms. The summed E-state index contributed by atoms with van der Waals surface area (Å²) in [5.74, 6) is 5.14. The van der Waals surface area contributed by atoms with Crippen molar-refractivity contribution in [3.8, 4) is 0 Å². The van der Waals surface area contributed by atoms with E-state index in [9.17, 15) is 5.11 Å².